The molecule has 1 aromatic heterocycles. The summed E-state index contributed by atoms with van der Waals surface area (Å²) in [5.41, 5.74) is 2.49. The Kier molecular flexibility index (Phi) is 7.30. The third-order valence-electron chi connectivity index (χ3n) is 3.86. The summed E-state index contributed by atoms with van der Waals surface area (Å²) >= 11 is 0. The highest BCUT2D eigenvalue weighted by molar-refractivity contribution is 14.0. The maximum absolute atomic E-state index is 5.92. The molecule has 2 aromatic rings. The minimum Gasteiger partial charge on any atom is -0.488 e. The molecule has 0 saturated heterocycles. The molecule has 0 aliphatic carbocycles. The summed E-state index contributed by atoms with van der Waals surface area (Å²) in [6.45, 7) is 1.55. The predicted molar refractivity (Wildman–Crippen MR) is 107 cm³/mol. The van der Waals surface area contributed by atoms with E-state index in [0.717, 1.165) is 37.6 Å². The molecule has 1 atom stereocenters. The zero-order valence-electron chi connectivity index (χ0n) is 13.7. The molecule has 1 aromatic carbocycles. The second kappa shape index (κ2) is 9.46. The van der Waals surface area contributed by atoms with Crippen molar-refractivity contribution in [2.75, 3.05) is 20.1 Å². The van der Waals surface area contributed by atoms with Crippen LogP contribution in [0.4, 0.5) is 0 Å². The van der Waals surface area contributed by atoms with Crippen molar-refractivity contribution in [1.29, 1.82) is 0 Å². The molecule has 6 heteroatoms. The Balaban J connectivity index is 0.00000208. The second-order valence-corrected chi connectivity index (χ2v) is 5.54. The first-order valence-corrected chi connectivity index (χ1v) is 7.93. The smallest absolute Gasteiger partial charge is 0.191 e. The normalized spacial score (nSPS) is 15.9. The topological polar surface area (TPSA) is 58.5 Å². The molecule has 0 saturated carbocycles. The Hall–Kier alpha value is -1.83. The van der Waals surface area contributed by atoms with Crippen LogP contribution in [-0.4, -0.2) is 37.2 Å². The largest absolute Gasteiger partial charge is 0.488 e. The fourth-order valence-electron chi connectivity index (χ4n) is 2.67. The van der Waals surface area contributed by atoms with Crippen molar-refractivity contribution in [1.82, 2.24) is 15.6 Å². The van der Waals surface area contributed by atoms with E-state index in [4.69, 9.17) is 4.74 Å². The number of para-hydroxylation sites is 1. The van der Waals surface area contributed by atoms with Crippen LogP contribution in [0.3, 0.4) is 0 Å². The molecule has 1 unspecified atom stereocenters. The van der Waals surface area contributed by atoms with E-state index in [-0.39, 0.29) is 30.1 Å². The van der Waals surface area contributed by atoms with Gasteiger partial charge in [-0.15, -0.1) is 24.0 Å². The molecule has 0 amide bonds. The zero-order valence-corrected chi connectivity index (χ0v) is 16.1. The molecule has 1 aliphatic rings. The van der Waals surface area contributed by atoms with Crippen LogP contribution in [0.5, 0.6) is 5.75 Å². The lowest BCUT2D eigenvalue weighted by Gasteiger charge is -2.15. The SMILES string of the molecule is CN=C(NCCc1cccnc1)NCC1Cc2ccccc2O1.I. The molecule has 0 radical (unpaired) electrons. The first kappa shape index (κ1) is 18.5. The summed E-state index contributed by atoms with van der Waals surface area (Å²) in [7, 11) is 1.78. The molecule has 2 heterocycles. The van der Waals surface area contributed by atoms with Gasteiger partial charge < -0.3 is 15.4 Å². The summed E-state index contributed by atoms with van der Waals surface area (Å²) in [6, 6.07) is 12.2. The summed E-state index contributed by atoms with van der Waals surface area (Å²) in [5, 5.41) is 6.65. The Morgan fingerprint density at radius 1 is 1.25 bits per heavy atom. The average Bonchev–Trinajstić information content (AvgIpc) is 3.01. The average molecular weight is 438 g/mol. The summed E-state index contributed by atoms with van der Waals surface area (Å²) in [5.74, 6) is 1.80. The highest BCUT2D eigenvalue weighted by Gasteiger charge is 2.22. The maximum Gasteiger partial charge on any atom is 0.191 e. The molecule has 0 spiro atoms. The molecule has 5 nitrogen and oxygen atoms in total. The van der Waals surface area contributed by atoms with E-state index in [9.17, 15) is 0 Å². The number of halogens is 1. The minimum absolute atomic E-state index is 0. The van der Waals surface area contributed by atoms with Crippen LogP contribution in [0.1, 0.15) is 11.1 Å². The van der Waals surface area contributed by atoms with E-state index in [1.807, 2.05) is 24.4 Å². The number of hydrogen-bond acceptors (Lipinski definition) is 3. The van der Waals surface area contributed by atoms with Crippen molar-refractivity contribution in [3.05, 3.63) is 59.9 Å². The number of ether oxygens (including phenoxy) is 1. The van der Waals surface area contributed by atoms with E-state index in [1.54, 1.807) is 13.2 Å². The zero-order chi connectivity index (χ0) is 15.9. The van der Waals surface area contributed by atoms with Crippen LogP contribution in [0, 0.1) is 0 Å². The maximum atomic E-state index is 5.92. The number of pyridine rings is 1. The summed E-state index contributed by atoms with van der Waals surface area (Å²) in [4.78, 5) is 8.37. The van der Waals surface area contributed by atoms with Gasteiger partial charge in [-0.25, -0.2) is 0 Å². The standard InChI is InChI=1S/C18H22N4O.HI/c1-19-18(21-10-8-14-5-4-9-20-12-14)22-13-16-11-15-6-2-3-7-17(15)23-16;/h2-7,9,12,16H,8,10-11,13H2,1H3,(H2,19,21,22);1H. The lowest BCUT2D eigenvalue weighted by Crippen LogP contribution is -2.42. The molecule has 0 bridgehead atoms. The molecule has 1 aliphatic heterocycles. The van der Waals surface area contributed by atoms with Crippen LogP contribution in [0.25, 0.3) is 0 Å². The van der Waals surface area contributed by atoms with Crippen LogP contribution in [0.2, 0.25) is 0 Å². The quantitative estimate of drug-likeness (QED) is 0.428. The van der Waals surface area contributed by atoms with Gasteiger partial charge in [0.2, 0.25) is 0 Å². The van der Waals surface area contributed by atoms with Gasteiger partial charge in [0.1, 0.15) is 11.9 Å². The highest BCUT2D eigenvalue weighted by atomic mass is 127. The molecule has 3 rings (SSSR count). The highest BCUT2D eigenvalue weighted by Crippen LogP contribution is 2.27. The minimum atomic E-state index is 0. The molecule has 128 valence electrons. The van der Waals surface area contributed by atoms with E-state index in [2.05, 4.69) is 38.8 Å². The van der Waals surface area contributed by atoms with Gasteiger partial charge in [-0.1, -0.05) is 24.3 Å². The number of nitrogens with zero attached hydrogens (tertiary/aromatic N) is 2. The fraction of sp³-hybridized carbons (Fsp3) is 0.333. The van der Waals surface area contributed by atoms with Crippen LogP contribution in [-0.2, 0) is 12.8 Å². The predicted octanol–water partition coefficient (Wildman–Crippen LogP) is 2.41. The number of fused-ring (bicyclic) bond motifs is 1. The lowest BCUT2D eigenvalue weighted by atomic mass is 10.1. The Morgan fingerprint density at radius 3 is 2.88 bits per heavy atom. The first-order chi connectivity index (χ1) is 11.3. The van der Waals surface area contributed by atoms with Gasteiger partial charge in [0.25, 0.3) is 0 Å². The number of aliphatic imine (C=N–C) groups is 1. The number of rotatable bonds is 5. The number of nitrogens with one attached hydrogen (secondary N) is 2. The Labute approximate surface area is 160 Å². The van der Waals surface area contributed by atoms with Crippen molar-refractivity contribution in [2.45, 2.75) is 18.9 Å². The van der Waals surface area contributed by atoms with Gasteiger partial charge in [0, 0.05) is 32.4 Å². The van der Waals surface area contributed by atoms with Crippen molar-refractivity contribution < 1.29 is 4.74 Å². The van der Waals surface area contributed by atoms with Crippen molar-refractivity contribution in [3.63, 3.8) is 0 Å². The van der Waals surface area contributed by atoms with Gasteiger partial charge in [0.15, 0.2) is 5.96 Å². The van der Waals surface area contributed by atoms with Crippen LogP contribution < -0.4 is 15.4 Å². The lowest BCUT2D eigenvalue weighted by molar-refractivity contribution is 0.235. The number of aromatic nitrogens is 1. The van der Waals surface area contributed by atoms with Gasteiger partial charge >= 0.3 is 0 Å². The van der Waals surface area contributed by atoms with Crippen LogP contribution >= 0.6 is 24.0 Å². The molecule has 2 N–H and O–H groups in total. The Morgan fingerprint density at radius 2 is 2.12 bits per heavy atom. The third kappa shape index (κ3) is 5.09. The molecule has 24 heavy (non-hydrogen) atoms. The van der Waals surface area contributed by atoms with Crippen molar-refractivity contribution >= 4 is 29.9 Å². The van der Waals surface area contributed by atoms with Gasteiger partial charge in [-0.2, -0.15) is 0 Å². The summed E-state index contributed by atoms with van der Waals surface area (Å²) < 4.78 is 5.92. The van der Waals surface area contributed by atoms with Crippen molar-refractivity contribution in [2.24, 2.45) is 4.99 Å². The number of benzene rings is 1. The fourth-order valence-corrected chi connectivity index (χ4v) is 2.67. The number of guanidine groups is 1. The molecule has 0 fully saturated rings. The molecular weight excluding hydrogens is 415 g/mol. The Bertz CT molecular complexity index is 638. The monoisotopic (exact) mass is 438 g/mol. The third-order valence-corrected chi connectivity index (χ3v) is 3.86. The first-order valence-electron chi connectivity index (χ1n) is 7.93. The van der Waals surface area contributed by atoms with Crippen molar-refractivity contribution in [3.8, 4) is 5.75 Å². The van der Waals surface area contributed by atoms with E-state index >= 15 is 0 Å². The van der Waals surface area contributed by atoms with Gasteiger partial charge in [-0.05, 0) is 29.7 Å². The molecular formula is C18H23IN4O. The van der Waals surface area contributed by atoms with Gasteiger partial charge in [0.05, 0.1) is 6.54 Å². The van der Waals surface area contributed by atoms with E-state index in [0.29, 0.717) is 0 Å². The van der Waals surface area contributed by atoms with Crippen LogP contribution in [0.15, 0.2) is 53.8 Å². The number of hydrogen-bond donors (Lipinski definition) is 2. The van der Waals surface area contributed by atoms with Gasteiger partial charge in [-0.3, -0.25) is 9.98 Å². The van der Waals surface area contributed by atoms with E-state index in [1.165, 1.54) is 11.1 Å². The summed E-state index contributed by atoms with van der Waals surface area (Å²) in [6.07, 6.45) is 5.69. The second-order valence-electron chi connectivity index (χ2n) is 5.54. The van der Waals surface area contributed by atoms with E-state index < -0.39 is 0 Å².